The SMILES string of the molecule is COc1ccc(-c2ncc(C(=O)NCCCN3CCNCC3)s2)cc1. The van der Waals surface area contributed by atoms with Gasteiger partial charge in [0, 0.05) is 38.3 Å². The van der Waals surface area contributed by atoms with Crippen molar-refractivity contribution in [1.82, 2.24) is 20.5 Å². The van der Waals surface area contributed by atoms with Crippen LogP contribution in [0.2, 0.25) is 0 Å². The second-order valence-corrected chi connectivity index (χ2v) is 6.99. The number of benzene rings is 1. The Morgan fingerprint density at radius 2 is 2.08 bits per heavy atom. The predicted octanol–water partition coefficient (Wildman–Crippen LogP) is 1.84. The van der Waals surface area contributed by atoms with E-state index in [2.05, 4.69) is 20.5 Å². The molecule has 0 unspecified atom stereocenters. The van der Waals surface area contributed by atoms with E-state index in [0.717, 1.165) is 55.5 Å². The number of carbonyl (C=O) groups is 1. The molecule has 0 atom stereocenters. The van der Waals surface area contributed by atoms with Gasteiger partial charge in [-0.25, -0.2) is 4.98 Å². The monoisotopic (exact) mass is 360 g/mol. The van der Waals surface area contributed by atoms with Gasteiger partial charge in [-0.2, -0.15) is 0 Å². The lowest BCUT2D eigenvalue weighted by atomic mass is 10.2. The maximum absolute atomic E-state index is 12.3. The van der Waals surface area contributed by atoms with E-state index < -0.39 is 0 Å². The zero-order valence-electron chi connectivity index (χ0n) is 14.5. The lowest BCUT2D eigenvalue weighted by Gasteiger charge is -2.26. The third-order valence-electron chi connectivity index (χ3n) is 4.21. The van der Waals surface area contributed by atoms with Crippen LogP contribution in [0.3, 0.4) is 0 Å². The van der Waals surface area contributed by atoms with Crippen LogP contribution in [0, 0.1) is 0 Å². The fraction of sp³-hybridized carbons (Fsp3) is 0.444. The molecule has 0 spiro atoms. The van der Waals surface area contributed by atoms with Crippen LogP contribution in [0.15, 0.2) is 30.5 Å². The quantitative estimate of drug-likeness (QED) is 0.738. The number of aromatic nitrogens is 1. The van der Waals surface area contributed by atoms with Gasteiger partial charge in [0.15, 0.2) is 0 Å². The number of nitrogens with zero attached hydrogens (tertiary/aromatic N) is 2. The fourth-order valence-electron chi connectivity index (χ4n) is 2.77. The Bertz CT molecular complexity index is 681. The van der Waals surface area contributed by atoms with E-state index in [1.165, 1.54) is 11.3 Å². The molecule has 2 N–H and O–H groups in total. The standard InChI is InChI=1S/C18H24N4O2S/c1-24-15-5-3-14(4-6-15)18-21-13-16(25-18)17(23)20-7-2-10-22-11-8-19-9-12-22/h3-6,13,19H,2,7-12H2,1H3,(H,20,23). The van der Waals surface area contributed by atoms with Crippen LogP contribution >= 0.6 is 11.3 Å². The third kappa shape index (κ3) is 5.01. The number of thiazole rings is 1. The molecule has 1 aromatic carbocycles. The Morgan fingerprint density at radius 1 is 1.32 bits per heavy atom. The van der Waals surface area contributed by atoms with Crippen LogP contribution in [0.1, 0.15) is 16.1 Å². The molecule has 0 bridgehead atoms. The van der Waals surface area contributed by atoms with Crippen molar-refractivity contribution in [1.29, 1.82) is 0 Å². The number of methoxy groups -OCH3 is 1. The van der Waals surface area contributed by atoms with Crippen LogP contribution in [-0.4, -0.2) is 62.2 Å². The van der Waals surface area contributed by atoms with Gasteiger partial charge in [-0.3, -0.25) is 4.79 Å². The number of hydrogen-bond acceptors (Lipinski definition) is 6. The molecule has 0 radical (unpaired) electrons. The molecule has 25 heavy (non-hydrogen) atoms. The number of amides is 1. The highest BCUT2D eigenvalue weighted by atomic mass is 32.1. The summed E-state index contributed by atoms with van der Waals surface area (Å²) in [5, 5.41) is 7.18. The predicted molar refractivity (Wildman–Crippen MR) is 100 cm³/mol. The molecule has 1 saturated heterocycles. The second-order valence-electron chi connectivity index (χ2n) is 5.96. The van der Waals surface area contributed by atoms with Crippen molar-refractivity contribution in [2.45, 2.75) is 6.42 Å². The molecule has 6 nitrogen and oxygen atoms in total. The van der Waals surface area contributed by atoms with E-state index >= 15 is 0 Å². The zero-order valence-corrected chi connectivity index (χ0v) is 15.3. The van der Waals surface area contributed by atoms with Crippen molar-refractivity contribution < 1.29 is 9.53 Å². The maximum atomic E-state index is 12.3. The summed E-state index contributed by atoms with van der Waals surface area (Å²) in [6.07, 6.45) is 2.62. The van der Waals surface area contributed by atoms with Crippen molar-refractivity contribution in [3.05, 3.63) is 35.3 Å². The number of carbonyl (C=O) groups excluding carboxylic acids is 1. The van der Waals surface area contributed by atoms with Crippen LogP contribution in [0.25, 0.3) is 10.6 Å². The lowest BCUT2D eigenvalue weighted by molar-refractivity contribution is 0.0955. The minimum Gasteiger partial charge on any atom is -0.497 e. The first-order chi connectivity index (χ1) is 12.3. The molecule has 0 aliphatic carbocycles. The first-order valence-electron chi connectivity index (χ1n) is 8.58. The number of hydrogen-bond donors (Lipinski definition) is 2. The van der Waals surface area contributed by atoms with E-state index in [0.29, 0.717) is 11.4 Å². The van der Waals surface area contributed by atoms with Crippen molar-refractivity contribution in [3.8, 4) is 16.3 Å². The summed E-state index contributed by atoms with van der Waals surface area (Å²) in [6, 6.07) is 7.69. The smallest absolute Gasteiger partial charge is 0.263 e. The molecular weight excluding hydrogens is 336 g/mol. The highest BCUT2D eigenvalue weighted by Gasteiger charge is 2.12. The van der Waals surface area contributed by atoms with E-state index in [9.17, 15) is 4.79 Å². The van der Waals surface area contributed by atoms with Crippen LogP contribution in [-0.2, 0) is 0 Å². The second kappa shape index (κ2) is 8.94. The minimum absolute atomic E-state index is 0.0439. The average Bonchev–Trinajstić information content (AvgIpc) is 3.16. The highest BCUT2D eigenvalue weighted by Crippen LogP contribution is 2.26. The molecule has 2 heterocycles. The molecule has 3 rings (SSSR count). The molecular formula is C18H24N4O2S. The number of ether oxygens (including phenoxy) is 1. The molecule has 1 amide bonds. The summed E-state index contributed by atoms with van der Waals surface area (Å²) in [4.78, 5) is 19.7. The van der Waals surface area contributed by atoms with Crippen LogP contribution in [0.5, 0.6) is 5.75 Å². The van der Waals surface area contributed by atoms with Gasteiger partial charge in [-0.15, -0.1) is 11.3 Å². The molecule has 0 saturated carbocycles. The van der Waals surface area contributed by atoms with E-state index in [1.54, 1.807) is 13.3 Å². The first kappa shape index (κ1) is 17.8. The summed E-state index contributed by atoms with van der Waals surface area (Å²) in [5.74, 6) is 0.764. The van der Waals surface area contributed by atoms with Crippen LogP contribution in [0.4, 0.5) is 0 Å². The molecule has 1 aromatic heterocycles. The maximum Gasteiger partial charge on any atom is 0.263 e. The van der Waals surface area contributed by atoms with Gasteiger partial charge in [-0.05, 0) is 37.2 Å². The van der Waals surface area contributed by atoms with Gasteiger partial charge in [0.2, 0.25) is 0 Å². The van der Waals surface area contributed by atoms with E-state index in [1.807, 2.05) is 24.3 Å². The van der Waals surface area contributed by atoms with E-state index in [4.69, 9.17) is 4.74 Å². The summed E-state index contributed by atoms with van der Waals surface area (Å²) in [5.41, 5.74) is 0.989. The zero-order chi connectivity index (χ0) is 17.5. The van der Waals surface area contributed by atoms with Crippen molar-refractivity contribution >= 4 is 17.2 Å². The first-order valence-corrected chi connectivity index (χ1v) is 9.39. The normalized spacial score (nSPS) is 15.1. The molecule has 1 aliphatic rings. The Hall–Kier alpha value is -1.96. The summed E-state index contributed by atoms with van der Waals surface area (Å²) >= 11 is 1.41. The summed E-state index contributed by atoms with van der Waals surface area (Å²) in [7, 11) is 1.64. The van der Waals surface area contributed by atoms with E-state index in [-0.39, 0.29) is 5.91 Å². The number of rotatable bonds is 7. The van der Waals surface area contributed by atoms with Gasteiger partial charge in [0.25, 0.3) is 5.91 Å². The van der Waals surface area contributed by atoms with Gasteiger partial charge in [0.1, 0.15) is 15.6 Å². The molecule has 1 aliphatic heterocycles. The fourth-order valence-corrected chi connectivity index (χ4v) is 3.61. The van der Waals surface area contributed by atoms with Gasteiger partial charge < -0.3 is 20.3 Å². The Kier molecular flexibility index (Phi) is 6.38. The highest BCUT2D eigenvalue weighted by molar-refractivity contribution is 7.16. The topological polar surface area (TPSA) is 66.5 Å². The molecule has 2 aromatic rings. The molecule has 1 fully saturated rings. The average molecular weight is 360 g/mol. The summed E-state index contributed by atoms with van der Waals surface area (Å²) < 4.78 is 5.16. The number of nitrogens with one attached hydrogen (secondary N) is 2. The van der Waals surface area contributed by atoms with Crippen LogP contribution < -0.4 is 15.4 Å². The van der Waals surface area contributed by atoms with Gasteiger partial charge in [0.05, 0.1) is 13.3 Å². The lowest BCUT2D eigenvalue weighted by Crippen LogP contribution is -2.44. The minimum atomic E-state index is -0.0439. The largest absolute Gasteiger partial charge is 0.497 e. The Labute approximate surface area is 152 Å². The summed E-state index contributed by atoms with van der Waals surface area (Å²) in [6.45, 7) is 6.02. The number of piperazine rings is 1. The Morgan fingerprint density at radius 3 is 2.80 bits per heavy atom. The van der Waals surface area contributed by atoms with Crippen molar-refractivity contribution in [3.63, 3.8) is 0 Å². The third-order valence-corrected chi connectivity index (χ3v) is 5.26. The molecule has 134 valence electrons. The molecule has 7 heteroatoms. The van der Waals surface area contributed by atoms with Gasteiger partial charge in [-0.1, -0.05) is 0 Å². The Balaban J connectivity index is 1.46. The van der Waals surface area contributed by atoms with Crippen molar-refractivity contribution in [2.24, 2.45) is 0 Å². The van der Waals surface area contributed by atoms with Gasteiger partial charge >= 0.3 is 0 Å². The van der Waals surface area contributed by atoms with Crippen molar-refractivity contribution in [2.75, 3.05) is 46.4 Å².